The van der Waals surface area contributed by atoms with Crippen LogP contribution in [0.4, 0.5) is 0 Å². The third-order valence-electron chi connectivity index (χ3n) is 2.64. The quantitative estimate of drug-likeness (QED) is 0.743. The van der Waals surface area contributed by atoms with E-state index in [2.05, 4.69) is 10.3 Å². The molecule has 17 heavy (non-hydrogen) atoms. The molecule has 0 radical (unpaired) electrons. The number of hydrogen-bond donors (Lipinski definition) is 1. The van der Waals surface area contributed by atoms with Crippen LogP contribution < -0.4 is 0 Å². The Morgan fingerprint density at radius 3 is 2.94 bits per heavy atom. The smallest absolute Gasteiger partial charge is 0.134 e. The summed E-state index contributed by atoms with van der Waals surface area (Å²) in [4.78, 5) is 0. The average Bonchev–Trinajstić information content (AvgIpc) is 2.98. The van der Waals surface area contributed by atoms with E-state index in [9.17, 15) is 5.11 Å². The average molecular weight is 229 g/mol. The Morgan fingerprint density at radius 2 is 2.12 bits per heavy atom. The van der Waals surface area contributed by atoms with Crippen molar-refractivity contribution >= 4 is 11.0 Å². The molecule has 3 aromatic rings. The molecule has 5 heteroatoms. The standard InChI is InChI=1S/C12H11N3O2/c16-11(12-6-3-7-17-12)8-15-10-5-2-1-4-9(10)13-14-15/h1-7,11,16H,8H2. The van der Waals surface area contributed by atoms with Crippen LogP contribution in [0.5, 0.6) is 0 Å². The van der Waals surface area contributed by atoms with Gasteiger partial charge in [-0.3, -0.25) is 0 Å². The van der Waals surface area contributed by atoms with Crippen molar-refractivity contribution < 1.29 is 9.52 Å². The van der Waals surface area contributed by atoms with Crippen LogP contribution in [0.2, 0.25) is 0 Å². The molecule has 0 bridgehead atoms. The van der Waals surface area contributed by atoms with Gasteiger partial charge in [0.25, 0.3) is 0 Å². The molecule has 0 saturated heterocycles. The van der Waals surface area contributed by atoms with Crippen molar-refractivity contribution in [1.82, 2.24) is 15.0 Å². The predicted molar refractivity (Wildman–Crippen MR) is 61.2 cm³/mol. The number of fused-ring (bicyclic) bond motifs is 1. The van der Waals surface area contributed by atoms with Gasteiger partial charge in [0.05, 0.1) is 18.3 Å². The van der Waals surface area contributed by atoms with Gasteiger partial charge in [-0.25, -0.2) is 4.68 Å². The lowest BCUT2D eigenvalue weighted by Crippen LogP contribution is -2.09. The highest BCUT2D eigenvalue weighted by Crippen LogP contribution is 2.17. The Bertz CT molecular complexity index is 616. The van der Waals surface area contributed by atoms with Gasteiger partial charge in [-0.2, -0.15) is 0 Å². The van der Waals surface area contributed by atoms with Crippen molar-refractivity contribution in [2.45, 2.75) is 12.6 Å². The molecule has 1 atom stereocenters. The normalized spacial score (nSPS) is 13.0. The summed E-state index contributed by atoms with van der Waals surface area (Å²) in [7, 11) is 0. The van der Waals surface area contributed by atoms with E-state index < -0.39 is 6.10 Å². The second kappa shape index (κ2) is 4.03. The maximum Gasteiger partial charge on any atom is 0.134 e. The van der Waals surface area contributed by atoms with Gasteiger partial charge in [-0.1, -0.05) is 17.3 Å². The summed E-state index contributed by atoms with van der Waals surface area (Å²) >= 11 is 0. The van der Waals surface area contributed by atoms with Crippen LogP contribution >= 0.6 is 0 Å². The van der Waals surface area contributed by atoms with Crippen LogP contribution in [0.15, 0.2) is 47.1 Å². The minimum absolute atomic E-state index is 0.327. The van der Waals surface area contributed by atoms with Crippen LogP contribution in [0, 0.1) is 0 Å². The fraction of sp³-hybridized carbons (Fsp3) is 0.167. The molecule has 0 saturated carbocycles. The number of benzene rings is 1. The van der Waals surface area contributed by atoms with Crippen molar-refractivity contribution in [2.24, 2.45) is 0 Å². The molecule has 2 heterocycles. The number of rotatable bonds is 3. The van der Waals surface area contributed by atoms with E-state index in [1.807, 2.05) is 24.3 Å². The van der Waals surface area contributed by atoms with Gasteiger partial charge in [0.2, 0.25) is 0 Å². The molecule has 1 unspecified atom stereocenters. The number of para-hydroxylation sites is 1. The third kappa shape index (κ3) is 1.81. The highest BCUT2D eigenvalue weighted by molar-refractivity contribution is 5.73. The second-order valence-corrected chi connectivity index (χ2v) is 3.79. The Balaban J connectivity index is 1.90. The third-order valence-corrected chi connectivity index (χ3v) is 2.64. The topological polar surface area (TPSA) is 64.1 Å². The number of furan rings is 1. The molecule has 0 fully saturated rings. The fourth-order valence-electron chi connectivity index (χ4n) is 1.79. The number of aliphatic hydroxyl groups is 1. The minimum Gasteiger partial charge on any atom is -0.467 e. The van der Waals surface area contributed by atoms with Gasteiger partial charge in [-0.05, 0) is 24.3 Å². The van der Waals surface area contributed by atoms with Crippen molar-refractivity contribution in [3.8, 4) is 0 Å². The van der Waals surface area contributed by atoms with Crippen LogP contribution in [-0.4, -0.2) is 20.1 Å². The van der Waals surface area contributed by atoms with E-state index in [-0.39, 0.29) is 0 Å². The fourth-order valence-corrected chi connectivity index (χ4v) is 1.79. The largest absolute Gasteiger partial charge is 0.467 e. The Hall–Kier alpha value is -2.14. The zero-order chi connectivity index (χ0) is 11.7. The van der Waals surface area contributed by atoms with Crippen molar-refractivity contribution in [2.75, 3.05) is 0 Å². The van der Waals surface area contributed by atoms with Crippen molar-refractivity contribution in [3.05, 3.63) is 48.4 Å². The summed E-state index contributed by atoms with van der Waals surface area (Å²) in [5.74, 6) is 0.532. The molecule has 0 aliphatic rings. The highest BCUT2D eigenvalue weighted by Gasteiger charge is 2.13. The number of aromatic nitrogens is 3. The molecule has 5 nitrogen and oxygen atoms in total. The zero-order valence-corrected chi connectivity index (χ0v) is 9.02. The molecule has 1 aromatic carbocycles. The Labute approximate surface area is 97.3 Å². The maximum atomic E-state index is 9.96. The van der Waals surface area contributed by atoms with Crippen LogP contribution in [-0.2, 0) is 6.54 Å². The molecular weight excluding hydrogens is 218 g/mol. The summed E-state index contributed by atoms with van der Waals surface area (Å²) < 4.78 is 6.81. The second-order valence-electron chi connectivity index (χ2n) is 3.79. The van der Waals surface area contributed by atoms with Gasteiger partial charge >= 0.3 is 0 Å². The first-order valence-electron chi connectivity index (χ1n) is 5.34. The van der Waals surface area contributed by atoms with E-state index in [1.54, 1.807) is 16.8 Å². The molecule has 1 N–H and O–H groups in total. The molecule has 86 valence electrons. The van der Waals surface area contributed by atoms with Crippen LogP contribution in [0.25, 0.3) is 11.0 Å². The first kappa shape index (κ1) is 10.0. The van der Waals surface area contributed by atoms with Crippen molar-refractivity contribution in [3.63, 3.8) is 0 Å². The molecule has 0 spiro atoms. The van der Waals surface area contributed by atoms with Gasteiger partial charge in [0, 0.05) is 0 Å². The monoisotopic (exact) mass is 229 g/mol. The number of hydrogen-bond acceptors (Lipinski definition) is 4. The lowest BCUT2D eigenvalue weighted by Gasteiger charge is -2.07. The lowest BCUT2D eigenvalue weighted by molar-refractivity contribution is 0.127. The molecule has 3 rings (SSSR count). The summed E-state index contributed by atoms with van der Waals surface area (Å²) in [5, 5.41) is 18.0. The highest BCUT2D eigenvalue weighted by atomic mass is 16.4. The van der Waals surface area contributed by atoms with Crippen LogP contribution in [0.3, 0.4) is 0 Å². The van der Waals surface area contributed by atoms with Gasteiger partial charge in [0.1, 0.15) is 17.4 Å². The molecular formula is C12H11N3O2. The first-order valence-corrected chi connectivity index (χ1v) is 5.34. The maximum absolute atomic E-state index is 9.96. The summed E-state index contributed by atoms with van der Waals surface area (Å²) in [6, 6.07) is 11.1. The summed E-state index contributed by atoms with van der Waals surface area (Å²) in [6.07, 6.45) is 0.827. The number of nitrogens with zero attached hydrogens (tertiary/aromatic N) is 3. The van der Waals surface area contributed by atoms with E-state index in [0.717, 1.165) is 11.0 Å². The van der Waals surface area contributed by atoms with E-state index in [0.29, 0.717) is 12.3 Å². The predicted octanol–water partition coefficient (Wildman–Crippen LogP) is 1.76. The summed E-state index contributed by atoms with van der Waals surface area (Å²) in [6.45, 7) is 0.327. The van der Waals surface area contributed by atoms with Crippen LogP contribution in [0.1, 0.15) is 11.9 Å². The minimum atomic E-state index is -0.713. The van der Waals surface area contributed by atoms with E-state index in [1.165, 1.54) is 6.26 Å². The van der Waals surface area contributed by atoms with Gasteiger partial charge in [0.15, 0.2) is 0 Å². The molecule has 0 aliphatic heterocycles. The van der Waals surface area contributed by atoms with E-state index >= 15 is 0 Å². The zero-order valence-electron chi connectivity index (χ0n) is 9.02. The number of aliphatic hydroxyl groups excluding tert-OH is 1. The van der Waals surface area contributed by atoms with Crippen molar-refractivity contribution in [1.29, 1.82) is 0 Å². The van der Waals surface area contributed by atoms with E-state index in [4.69, 9.17) is 4.42 Å². The Morgan fingerprint density at radius 1 is 1.24 bits per heavy atom. The summed E-state index contributed by atoms with van der Waals surface area (Å²) in [5.41, 5.74) is 1.72. The Kier molecular flexibility index (Phi) is 2.38. The first-order chi connectivity index (χ1) is 8.34. The molecule has 0 amide bonds. The molecule has 0 aliphatic carbocycles. The van der Waals surface area contributed by atoms with Gasteiger partial charge < -0.3 is 9.52 Å². The lowest BCUT2D eigenvalue weighted by atomic mass is 10.2. The molecule has 2 aromatic heterocycles. The van der Waals surface area contributed by atoms with Gasteiger partial charge in [-0.15, -0.1) is 5.10 Å². The SMILES string of the molecule is OC(Cn1nnc2ccccc21)c1ccco1.